The van der Waals surface area contributed by atoms with Gasteiger partial charge in [-0.2, -0.15) is 0 Å². The van der Waals surface area contributed by atoms with Crippen LogP contribution < -0.4 is 0 Å². The van der Waals surface area contributed by atoms with E-state index in [9.17, 15) is 0 Å². The first-order valence-electron chi connectivity index (χ1n) is 3.39. The van der Waals surface area contributed by atoms with Crippen LogP contribution in [0.5, 0.6) is 0 Å². The molecule has 0 unspecified atom stereocenters. The summed E-state index contributed by atoms with van der Waals surface area (Å²) in [5.74, 6) is 0.816. The van der Waals surface area contributed by atoms with Gasteiger partial charge in [-0.1, -0.05) is 13.3 Å². The van der Waals surface area contributed by atoms with Crippen molar-refractivity contribution in [1.29, 1.82) is 0 Å². The fraction of sp³-hybridized carbons (Fsp3) is 1.00. The van der Waals surface area contributed by atoms with Gasteiger partial charge in [0.1, 0.15) is 0 Å². The highest BCUT2D eigenvalue weighted by molar-refractivity contribution is 6.17. The fourth-order valence-corrected chi connectivity index (χ4v) is 0.401. The first kappa shape index (κ1) is 12.0. The summed E-state index contributed by atoms with van der Waals surface area (Å²) in [6.45, 7) is 5.57. The van der Waals surface area contributed by atoms with E-state index in [1.165, 1.54) is 6.42 Å². The number of aliphatic hydroxyl groups is 1. The standard InChI is InChI=1S/C4H9Cl.C3H8O/c1-2-3-4-5;1-3(2)4/h2-4H2,1H3;3-4H,1-2H3. The second kappa shape index (κ2) is 11.1. The number of hydrogen-bond donors (Lipinski definition) is 1. The molecule has 1 nitrogen and oxygen atoms in total. The van der Waals surface area contributed by atoms with Crippen LogP contribution in [0.2, 0.25) is 0 Å². The van der Waals surface area contributed by atoms with E-state index in [4.69, 9.17) is 16.7 Å². The molecule has 0 aliphatic heterocycles. The maximum absolute atomic E-state index is 8.06. The second-order valence-electron chi connectivity index (χ2n) is 2.14. The summed E-state index contributed by atoms with van der Waals surface area (Å²) in [5.41, 5.74) is 0. The largest absolute Gasteiger partial charge is 0.394 e. The van der Waals surface area contributed by atoms with Crippen molar-refractivity contribution in [1.82, 2.24) is 0 Å². The maximum atomic E-state index is 8.06. The van der Waals surface area contributed by atoms with Gasteiger partial charge in [-0.15, -0.1) is 11.6 Å². The summed E-state index contributed by atoms with van der Waals surface area (Å²) in [5, 5.41) is 8.06. The van der Waals surface area contributed by atoms with Gasteiger partial charge >= 0.3 is 0 Å². The summed E-state index contributed by atoms with van der Waals surface area (Å²) in [6.07, 6.45) is 2.20. The van der Waals surface area contributed by atoms with Crippen LogP contribution in [0.25, 0.3) is 0 Å². The molecule has 0 atom stereocenters. The van der Waals surface area contributed by atoms with Crippen LogP contribution >= 0.6 is 11.6 Å². The first-order valence-corrected chi connectivity index (χ1v) is 3.92. The molecule has 9 heavy (non-hydrogen) atoms. The number of aliphatic hydroxyl groups excluding tert-OH is 1. The van der Waals surface area contributed by atoms with Crippen molar-refractivity contribution < 1.29 is 5.11 Å². The molecule has 0 saturated heterocycles. The lowest BCUT2D eigenvalue weighted by molar-refractivity contribution is 0.216. The predicted octanol–water partition coefficient (Wildman–Crippen LogP) is 2.41. The summed E-state index contributed by atoms with van der Waals surface area (Å²) in [4.78, 5) is 0. The smallest absolute Gasteiger partial charge is 0.0483 e. The molecule has 0 radical (unpaired) electrons. The number of alkyl halides is 1. The molecule has 0 saturated carbocycles. The van der Waals surface area contributed by atoms with Crippen LogP contribution in [0.1, 0.15) is 33.6 Å². The third-order valence-corrected chi connectivity index (χ3v) is 0.754. The molecule has 0 rings (SSSR count). The van der Waals surface area contributed by atoms with Gasteiger partial charge in [-0.3, -0.25) is 0 Å². The van der Waals surface area contributed by atoms with E-state index >= 15 is 0 Å². The zero-order chi connectivity index (χ0) is 7.70. The van der Waals surface area contributed by atoms with E-state index in [2.05, 4.69) is 6.92 Å². The Kier molecular flexibility index (Phi) is 14.8. The van der Waals surface area contributed by atoms with Gasteiger partial charge in [-0.25, -0.2) is 0 Å². The van der Waals surface area contributed by atoms with Crippen LogP contribution in [-0.2, 0) is 0 Å². The maximum Gasteiger partial charge on any atom is 0.0483 e. The van der Waals surface area contributed by atoms with Crippen LogP contribution in [0.4, 0.5) is 0 Å². The van der Waals surface area contributed by atoms with Crippen molar-refractivity contribution >= 4 is 11.6 Å². The van der Waals surface area contributed by atoms with Gasteiger partial charge in [-0.05, 0) is 20.3 Å². The molecule has 1 N–H and O–H groups in total. The molecule has 0 aromatic carbocycles. The van der Waals surface area contributed by atoms with Gasteiger partial charge in [0.15, 0.2) is 0 Å². The summed E-state index contributed by atoms with van der Waals surface area (Å²) < 4.78 is 0. The predicted molar refractivity (Wildman–Crippen MR) is 43.0 cm³/mol. The Morgan fingerprint density at radius 2 is 1.78 bits per heavy atom. The second-order valence-corrected chi connectivity index (χ2v) is 2.51. The van der Waals surface area contributed by atoms with Crippen LogP contribution in [-0.4, -0.2) is 17.1 Å². The third-order valence-electron chi connectivity index (χ3n) is 0.487. The van der Waals surface area contributed by atoms with Gasteiger partial charge in [0.05, 0.1) is 0 Å². The Bertz CT molecular complexity index is 33.1. The highest BCUT2D eigenvalue weighted by atomic mass is 35.5. The molecule has 0 aromatic heterocycles. The van der Waals surface area contributed by atoms with Crippen molar-refractivity contribution in [3.05, 3.63) is 0 Å². The van der Waals surface area contributed by atoms with Gasteiger partial charge in [0.25, 0.3) is 0 Å². The van der Waals surface area contributed by atoms with E-state index in [0.717, 1.165) is 12.3 Å². The van der Waals surface area contributed by atoms with Crippen molar-refractivity contribution in [3.63, 3.8) is 0 Å². The van der Waals surface area contributed by atoms with Gasteiger partial charge < -0.3 is 5.11 Å². The highest BCUT2D eigenvalue weighted by Gasteiger charge is 1.70. The van der Waals surface area contributed by atoms with E-state index in [1.807, 2.05) is 0 Å². The lowest BCUT2D eigenvalue weighted by atomic mass is 10.4. The van der Waals surface area contributed by atoms with Crippen molar-refractivity contribution in [2.45, 2.75) is 39.7 Å². The topological polar surface area (TPSA) is 20.2 Å². The Balaban J connectivity index is 0. The summed E-state index contributed by atoms with van der Waals surface area (Å²) in [6, 6.07) is 0. The number of halogens is 1. The molecule has 0 amide bonds. The van der Waals surface area contributed by atoms with Crippen molar-refractivity contribution in [3.8, 4) is 0 Å². The normalized spacial score (nSPS) is 8.67. The quantitative estimate of drug-likeness (QED) is 0.603. The minimum Gasteiger partial charge on any atom is -0.394 e. The van der Waals surface area contributed by atoms with Crippen molar-refractivity contribution in [2.24, 2.45) is 0 Å². The summed E-state index contributed by atoms with van der Waals surface area (Å²) in [7, 11) is 0. The minimum atomic E-state index is -0.167. The molecule has 0 bridgehead atoms. The lowest BCUT2D eigenvalue weighted by Crippen LogP contribution is -1.85. The number of rotatable bonds is 2. The molecule has 0 spiro atoms. The molecular weight excluding hydrogens is 136 g/mol. The zero-order valence-corrected chi connectivity index (χ0v) is 7.28. The molecule has 2 heteroatoms. The Hall–Kier alpha value is 0.250. The van der Waals surface area contributed by atoms with Crippen LogP contribution in [0.3, 0.4) is 0 Å². The molecule has 0 aliphatic rings. The van der Waals surface area contributed by atoms with E-state index in [-0.39, 0.29) is 6.10 Å². The van der Waals surface area contributed by atoms with E-state index < -0.39 is 0 Å². The molecule has 0 aromatic rings. The average molecular weight is 153 g/mol. The molecule has 0 aliphatic carbocycles. The van der Waals surface area contributed by atoms with E-state index in [1.54, 1.807) is 13.8 Å². The summed E-state index contributed by atoms with van der Waals surface area (Å²) >= 11 is 5.30. The highest BCUT2D eigenvalue weighted by Crippen LogP contribution is 1.86. The molecular formula is C7H17ClO. The molecule has 58 valence electrons. The van der Waals surface area contributed by atoms with Crippen molar-refractivity contribution in [2.75, 3.05) is 5.88 Å². The lowest BCUT2D eigenvalue weighted by Gasteiger charge is -1.80. The first-order chi connectivity index (χ1) is 4.15. The van der Waals surface area contributed by atoms with E-state index in [0.29, 0.717) is 0 Å². The Morgan fingerprint density at radius 1 is 1.44 bits per heavy atom. The zero-order valence-electron chi connectivity index (χ0n) is 6.52. The number of unbranched alkanes of at least 4 members (excludes halogenated alkanes) is 1. The minimum absolute atomic E-state index is 0.167. The molecule has 0 heterocycles. The van der Waals surface area contributed by atoms with Crippen LogP contribution in [0, 0.1) is 0 Å². The average Bonchev–Trinajstić information content (AvgIpc) is 1.66. The monoisotopic (exact) mass is 152 g/mol. The SMILES string of the molecule is CC(C)O.CCCCCl. The third kappa shape index (κ3) is 63.7. The van der Waals surface area contributed by atoms with Gasteiger partial charge in [0, 0.05) is 12.0 Å². The van der Waals surface area contributed by atoms with Crippen LogP contribution in [0.15, 0.2) is 0 Å². The van der Waals surface area contributed by atoms with Gasteiger partial charge in [0.2, 0.25) is 0 Å². The fourth-order valence-electron chi connectivity index (χ4n) is 0.134. The molecule has 0 fully saturated rings. The Labute approximate surface area is 63.0 Å². The number of hydrogen-bond acceptors (Lipinski definition) is 1. The Morgan fingerprint density at radius 3 is 1.78 bits per heavy atom.